The molecule has 0 radical (unpaired) electrons. The van der Waals surface area contributed by atoms with E-state index < -0.39 is 0 Å². The number of nitrogens with zero attached hydrogens (tertiary/aromatic N) is 3. The maximum absolute atomic E-state index is 5.21. The molecule has 3 rings (SSSR count). The second kappa shape index (κ2) is 5.01. The molecule has 0 aliphatic heterocycles. The van der Waals surface area contributed by atoms with Crippen LogP contribution in [0.1, 0.15) is 17.3 Å². The summed E-state index contributed by atoms with van der Waals surface area (Å²) in [6.07, 6.45) is 0. The lowest BCUT2D eigenvalue weighted by Crippen LogP contribution is -1.92. The van der Waals surface area contributed by atoms with Crippen molar-refractivity contribution in [3.8, 4) is 0 Å². The zero-order valence-electron chi connectivity index (χ0n) is 10.8. The van der Waals surface area contributed by atoms with Crippen molar-refractivity contribution in [2.75, 3.05) is 0 Å². The molecule has 2 aromatic heterocycles. The number of aryl methyl sites for hydroxylation is 2. The van der Waals surface area contributed by atoms with Crippen molar-refractivity contribution in [2.45, 2.75) is 24.6 Å². The first-order valence-electron chi connectivity index (χ1n) is 6.01. The smallest absolute Gasteiger partial charge is 0.147 e. The van der Waals surface area contributed by atoms with Crippen LogP contribution in [0.25, 0.3) is 10.9 Å². The van der Waals surface area contributed by atoms with Crippen LogP contribution >= 0.6 is 11.8 Å². The van der Waals surface area contributed by atoms with Crippen LogP contribution in [0, 0.1) is 13.8 Å². The largest absolute Gasteiger partial charge is 0.360 e. The predicted octanol–water partition coefficient (Wildman–Crippen LogP) is 3.53. The van der Waals surface area contributed by atoms with E-state index >= 15 is 0 Å². The second-order valence-electron chi connectivity index (χ2n) is 4.32. The summed E-state index contributed by atoms with van der Waals surface area (Å²) in [5, 5.41) is 5.95. The Balaban J connectivity index is 1.91. The minimum Gasteiger partial charge on any atom is -0.360 e. The van der Waals surface area contributed by atoms with E-state index in [-0.39, 0.29) is 0 Å². The van der Waals surface area contributed by atoms with Gasteiger partial charge in [-0.15, -0.1) is 0 Å². The highest BCUT2D eigenvalue weighted by atomic mass is 32.2. The molecule has 96 valence electrons. The molecule has 0 bridgehead atoms. The third-order valence-corrected chi connectivity index (χ3v) is 3.72. The molecule has 0 spiro atoms. The monoisotopic (exact) mass is 271 g/mol. The first kappa shape index (κ1) is 12.2. The van der Waals surface area contributed by atoms with Gasteiger partial charge in [-0.1, -0.05) is 35.1 Å². The average Bonchev–Trinajstić information content (AvgIpc) is 2.81. The van der Waals surface area contributed by atoms with Crippen LogP contribution < -0.4 is 0 Å². The van der Waals surface area contributed by atoms with Crippen molar-refractivity contribution in [1.82, 2.24) is 15.1 Å². The summed E-state index contributed by atoms with van der Waals surface area (Å²) in [7, 11) is 0. The van der Waals surface area contributed by atoms with Crippen molar-refractivity contribution in [2.24, 2.45) is 0 Å². The molecule has 1 aromatic carbocycles. The summed E-state index contributed by atoms with van der Waals surface area (Å²) in [6, 6.07) is 9.99. The van der Waals surface area contributed by atoms with Gasteiger partial charge in [-0.2, -0.15) is 0 Å². The lowest BCUT2D eigenvalue weighted by atomic mass is 10.2. The fraction of sp³-hybridized carbons (Fsp3) is 0.214. The molecule has 0 amide bonds. The van der Waals surface area contributed by atoms with Gasteiger partial charge in [0.2, 0.25) is 0 Å². The van der Waals surface area contributed by atoms with Gasteiger partial charge in [0, 0.05) is 11.5 Å². The molecule has 0 N–H and O–H groups in total. The Morgan fingerprint density at radius 2 is 2.00 bits per heavy atom. The molecule has 0 unspecified atom stereocenters. The molecular formula is C14H13N3OS. The third kappa shape index (κ3) is 2.61. The molecule has 2 heterocycles. The minimum atomic E-state index is 0.723. The second-order valence-corrected chi connectivity index (χ2v) is 5.28. The van der Waals surface area contributed by atoms with E-state index in [9.17, 15) is 0 Å². The number of thioether (sulfide) groups is 1. The highest BCUT2D eigenvalue weighted by molar-refractivity contribution is 7.98. The van der Waals surface area contributed by atoms with E-state index in [2.05, 4.69) is 15.1 Å². The van der Waals surface area contributed by atoms with Crippen LogP contribution in [0.3, 0.4) is 0 Å². The van der Waals surface area contributed by atoms with Crippen LogP contribution in [0.5, 0.6) is 0 Å². The van der Waals surface area contributed by atoms with Crippen LogP contribution in [-0.4, -0.2) is 15.1 Å². The van der Waals surface area contributed by atoms with Crippen molar-refractivity contribution < 1.29 is 4.52 Å². The van der Waals surface area contributed by atoms with Crippen LogP contribution in [0.15, 0.2) is 39.9 Å². The summed E-state index contributed by atoms with van der Waals surface area (Å²) in [5.41, 5.74) is 1.88. The molecule has 0 aliphatic rings. The number of para-hydroxylation sites is 1. The number of aromatic nitrogens is 3. The Morgan fingerprint density at radius 3 is 2.79 bits per heavy atom. The summed E-state index contributed by atoms with van der Waals surface area (Å²) < 4.78 is 5.21. The predicted molar refractivity (Wildman–Crippen MR) is 75.1 cm³/mol. The summed E-state index contributed by atoms with van der Waals surface area (Å²) in [5.74, 6) is 2.37. The first-order chi connectivity index (χ1) is 9.22. The number of benzene rings is 1. The van der Waals surface area contributed by atoms with Gasteiger partial charge in [0.25, 0.3) is 0 Å². The first-order valence-corrected chi connectivity index (χ1v) is 6.99. The molecule has 0 aliphatic carbocycles. The summed E-state index contributed by atoms with van der Waals surface area (Å²) in [4.78, 5) is 8.95. The maximum atomic E-state index is 5.21. The lowest BCUT2D eigenvalue weighted by molar-refractivity contribution is 0.391. The Hall–Kier alpha value is -1.88. The molecular weight excluding hydrogens is 258 g/mol. The molecule has 3 aromatic rings. The van der Waals surface area contributed by atoms with E-state index in [4.69, 9.17) is 4.52 Å². The Morgan fingerprint density at radius 1 is 1.16 bits per heavy atom. The van der Waals surface area contributed by atoms with Crippen molar-refractivity contribution in [1.29, 1.82) is 0 Å². The molecule has 0 fully saturated rings. The SMILES string of the molecule is Cc1cc(CSc2nc(C)nc3ccccc23)on1. The van der Waals surface area contributed by atoms with Crippen molar-refractivity contribution >= 4 is 22.7 Å². The van der Waals surface area contributed by atoms with E-state index in [0.29, 0.717) is 0 Å². The van der Waals surface area contributed by atoms with Gasteiger partial charge < -0.3 is 4.52 Å². The van der Waals surface area contributed by atoms with Gasteiger partial charge in [0.15, 0.2) is 0 Å². The van der Waals surface area contributed by atoms with E-state index in [1.165, 1.54) is 0 Å². The number of fused-ring (bicyclic) bond motifs is 1. The number of hydrogen-bond acceptors (Lipinski definition) is 5. The van der Waals surface area contributed by atoms with Crippen molar-refractivity contribution in [3.05, 3.63) is 47.6 Å². The maximum Gasteiger partial charge on any atom is 0.147 e. The fourth-order valence-electron chi connectivity index (χ4n) is 1.89. The van der Waals surface area contributed by atoms with Gasteiger partial charge in [0.05, 0.1) is 17.0 Å². The van der Waals surface area contributed by atoms with E-state index in [1.54, 1.807) is 11.8 Å². The Bertz CT molecular complexity index is 724. The minimum absolute atomic E-state index is 0.723. The van der Waals surface area contributed by atoms with Gasteiger partial charge in [-0.25, -0.2) is 9.97 Å². The zero-order chi connectivity index (χ0) is 13.2. The molecule has 5 heteroatoms. The summed E-state index contributed by atoms with van der Waals surface area (Å²) in [6.45, 7) is 3.83. The number of hydrogen-bond donors (Lipinski definition) is 0. The highest BCUT2D eigenvalue weighted by Crippen LogP contribution is 2.28. The topological polar surface area (TPSA) is 51.8 Å². The Labute approximate surface area is 115 Å². The van der Waals surface area contributed by atoms with Gasteiger partial charge >= 0.3 is 0 Å². The molecule has 0 atom stereocenters. The zero-order valence-corrected chi connectivity index (χ0v) is 11.6. The Kier molecular flexibility index (Phi) is 3.21. The van der Waals surface area contributed by atoms with E-state index in [0.717, 1.165) is 39.0 Å². The standard InChI is InChI=1S/C14H13N3OS/c1-9-7-11(18-17-9)8-19-14-12-5-3-4-6-13(12)15-10(2)16-14/h3-7H,8H2,1-2H3. The van der Waals surface area contributed by atoms with Crippen LogP contribution in [0.2, 0.25) is 0 Å². The fourth-order valence-corrected chi connectivity index (χ4v) is 2.83. The molecule has 0 saturated carbocycles. The summed E-state index contributed by atoms with van der Waals surface area (Å²) >= 11 is 1.65. The normalized spacial score (nSPS) is 11.1. The number of rotatable bonds is 3. The van der Waals surface area contributed by atoms with Gasteiger partial charge in [-0.3, -0.25) is 0 Å². The third-order valence-electron chi connectivity index (χ3n) is 2.71. The lowest BCUT2D eigenvalue weighted by Gasteiger charge is -2.05. The van der Waals surface area contributed by atoms with Gasteiger partial charge in [-0.05, 0) is 19.9 Å². The molecule has 19 heavy (non-hydrogen) atoms. The van der Waals surface area contributed by atoms with Crippen LogP contribution in [-0.2, 0) is 5.75 Å². The molecule has 0 saturated heterocycles. The van der Waals surface area contributed by atoms with Crippen molar-refractivity contribution in [3.63, 3.8) is 0 Å². The van der Waals surface area contributed by atoms with Gasteiger partial charge in [0.1, 0.15) is 16.6 Å². The quantitative estimate of drug-likeness (QED) is 0.539. The molecule has 4 nitrogen and oxygen atoms in total. The highest BCUT2D eigenvalue weighted by Gasteiger charge is 2.08. The average molecular weight is 271 g/mol. The van der Waals surface area contributed by atoms with E-state index in [1.807, 2.05) is 44.2 Å². The van der Waals surface area contributed by atoms with Crippen LogP contribution in [0.4, 0.5) is 0 Å².